The molecular weight excluding hydrogens is 306 g/mol. The Morgan fingerprint density at radius 3 is 2.12 bits per heavy atom. The van der Waals surface area contributed by atoms with Crippen molar-refractivity contribution in [2.24, 2.45) is 0 Å². The van der Waals surface area contributed by atoms with Crippen LogP contribution in [-0.4, -0.2) is 14.1 Å². The first-order valence-electron chi connectivity index (χ1n) is 8.66. The zero-order valence-electron chi connectivity index (χ0n) is 14.6. The molecule has 2 atom stereocenters. The van der Waals surface area contributed by atoms with Crippen molar-refractivity contribution in [3.05, 3.63) is 95.6 Å². The second kappa shape index (κ2) is 6.61. The van der Waals surface area contributed by atoms with E-state index in [1.165, 1.54) is 28.1 Å². The van der Waals surface area contributed by atoms with Crippen molar-refractivity contribution in [2.45, 2.75) is 12.2 Å². The van der Waals surface area contributed by atoms with E-state index < -0.39 is 0 Å². The van der Waals surface area contributed by atoms with Gasteiger partial charge in [-0.2, -0.15) is 0 Å². The molecule has 0 saturated carbocycles. The lowest BCUT2D eigenvalue weighted by Gasteiger charge is -2.35. The van der Waals surface area contributed by atoms with E-state index in [1.54, 1.807) is 0 Å². The summed E-state index contributed by atoms with van der Waals surface area (Å²) in [6, 6.07) is 28.1. The molecule has 0 amide bonds. The molecule has 3 nitrogen and oxygen atoms in total. The van der Waals surface area contributed by atoms with Crippen LogP contribution in [0.5, 0.6) is 0 Å². The third-order valence-corrected chi connectivity index (χ3v) is 4.78. The normalized spacial score (nSPS) is 19.0. The Labute approximate surface area is 149 Å². The Morgan fingerprint density at radius 1 is 0.720 bits per heavy atom. The summed E-state index contributed by atoms with van der Waals surface area (Å²) in [4.78, 5) is 2.12. The zero-order chi connectivity index (χ0) is 17.2. The minimum Gasteiger partial charge on any atom is -0.378 e. The van der Waals surface area contributed by atoms with Gasteiger partial charge in [0.15, 0.2) is 0 Å². The Morgan fingerprint density at radius 2 is 1.40 bits per heavy atom. The van der Waals surface area contributed by atoms with E-state index >= 15 is 0 Å². The molecule has 126 valence electrons. The monoisotopic (exact) mass is 329 g/mol. The van der Waals surface area contributed by atoms with Crippen LogP contribution in [0.2, 0.25) is 0 Å². The van der Waals surface area contributed by atoms with E-state index in [1.807, 2.05) is 0 Å². The Kier molecular flexibility index (Phi) is 4.16. The highest BCUT2D eigenvalue weighted by atomic mass is 15.2. The van der Waals surface area contributed by atoms with Gasteiger partial charge < -0.3 is 10.2 Å². The quantitative estimate of drug-likeness (QED) is 0.738. The molecule has 0 bridgehead atoms. The number of nitrogens with zero attached hydrogens (tertiary/aromatic N) is 1. The molecule has 4 rings (SSSR count). The van der Waals surface area contributed by atoms with Crippen molar-refractivity contribution in [1.29, 1.82) is 0 Å². The van der Waals surface area contributed by atoms with Crippen molar-refractivity contribution in [2.75, 3.05) is 24.3 Å². The first-order chi connectivity index (χ1) is 12.2. The minimum atomic E-state index is 0.0799. The fourth-order valence-electron chi connectivity index (χ4n) is 3.40. The third kappa shape index (κ3) is 3.11. The van der Waals surface area contributed by atoms with Crippen molar-refractivity contribution < 1.29 is 0 Å². The SMILES string of the molecule is CN(C)c1ccc([C@H]2Nc3ccccc3[C@@H](c3ccccc3)N2)cc1. The molecule has 0 aliphatic carbocycles. The summed E-state index contributed by atoms with van der Waals surface area (Å²) in [5.41, 5.74) is 6.21. The van der Waals surface area contributed by atoms with Gasteiger partial charge in [0.05, 0.1) is 6.04 Å². The lowest BCUT2D eigenvalue weighted by Crippen LogP contribution is -2.37. The number of benzene rings is 3. The Hall–Kier alpha value is -2.78. The molecule has 3 aromatic carbocycles. The maximum absolute atomic E-state index is 3.77. The minimum absolute atomic E-state index is 0.0799. The second-order valence-corrected chi connectivity index (χ2v) is 6.66. The summed E-state index contributed by atoms with van der Waals surface area (Å²) in [6.45, 7) is 0. The highest BCUT2D eigenvalue weighted by molar-refractivity contribution is 5.59. The predicted molar refractivity (Wildman–Crippen MR) is 105 cm³/mol. The van der Waals surface area contributed by atoms with Crippen LogP contribution in [0, 0.1) is 0 Å². The molecular formula is C22H23N3. The number of hydrogen-bond donors (Lipinski definition) is 2. The van der Waals surface area contributed by atoms with Gasteiger partial charge in [0.1, 0.15) is 6.17 Å². The van der Waals surface area contributed by atoms with Crippen LogP contribution in [0.15, 0.2) is 78.9 Å². The first kappa shape index (κ1) is 15.7. The second-order valence-electron chi connectivity index (χ2n) is 6.66. The molecule has 0 radical (unpaired) electrons. The molecule has 1 aliphatic heterocycles. The molecule has 0 unspecified atom stereocenters. The summed E-state index contributed by atoms with van der Waals surface area (Å²) in [5.74, 6) is 0. The molecule has 3 heteroatoms. The van der Waals surface area contributed by atoms with Gasteiger partial charge >= 0.3 is 0 Å². The molecule has 1 heterocycles. The van der Waals surface area contributed by atoms with Gasteiger partial charge in [0.25, 0.3) is 0 Å². The highest BCUT2D eigenvalue weighted by Gasteiger charge is 2.27. The van der Waals surface area contributed by atoms with Gasteiger partial charge in [-0.1, -0.05) is 60.7 Å². The van der Waals surface area contributed by atoms with Crippen LogP contribution in [0.3, 0.4) is 0 Å². The van der Waals surface area contributed by atoms with E-state index in [2.05, 4.69) is 108 Å². The van der Waals surface area contributed by atoms with Gasteiger partial charge in [0.2, 0.25) is 0 Å². The third-order valence-electron chi connectivity index (χ3n) is 4.78. The largest absolute Gasteiger partial charge is 0.378 e. The number of rotatable bonds is 3. The maximum Gasteiger partial charge on any atom is 0.104 e. The number of anilines is 2. The van der Waals surface area contributed by atoms with Crippen LogP contribution in [0.25, 0.3) is 0 Å². The van der Waals surface area contributed by atoms with Crippen molar-refractivity contribution >= 4 is 11.4 Å². The molecule has 3 aromatic rings. The van der Waals surface area contributed by atoms with Gasteiger partial charge in [-0.15, -0.1) is 0 Å². The Bertz CT molecular complexity index is 841. The van der Waals surface area contributed by atoms with Crippen LogP contribution < -0.4 is 15.5 Å². The Balaban J connectivity index is 1.70. The summed E-state index contributed by atoms with van der Waals surface area (Å²) < 4.78 is 0. The lowest BCUT2D eigenvalue weighted by molar-refractivity contribution is 0.506. The van der Waals surface area contributed by atoms with Crippen molar-refractivity contribution in [3.63, 3.8) is 0 Å². The molecule has 0 spiro atoms. The standard InChI is InChI=1S/C22H23N3/c1-25(2)18-14-12-17(13-15-18)22-23-20-11-7-6-10-19(20)21(24-22)16-8-4-3-5-9-16/h3-15,21-24H,1-2H3/t21-,22+/m1/s1. The molecule has 0 aromatic heterocycles. The van der Waals surface area contributed by atoms with Crippen molar-refractivity contribution in [1.82, 2.24) is 5.32 Å². The van der Waals surface area contributed by atoms with E-state index in [-0.39, 0.29) is 12.2 Å². The van der Waals surface area contributed by atoms with Gasteiger partial charge in [-0.25, -0.2) is 0 Å². The van der Waals surface area contributed by atoms with Crippen LogP contribution >= 0.6 is 0 Å². The summed E-state index contributed by atoms with van der Waals surface area (Å²) in [5, 5.41) is 7.40. The van der Waals surface area contributed by atoms with E-state index in [9.17, 15) is 0 Å². The fraction of sp³-hybridized carbons (Fsp3) is 0.182. The van der Waals surface area contributed by atoms with Gasteiger partial charge in [-0.3, -0.25) is 5.32 Å². The lowest BCUT2D eigenvalue weighted by atomic mass is 9.93. The molecule has 0 fully saturated rings. The first-order valence-corrected chi connectivity index (χ1v) is 8.66. The summed E-state index contributed by atoms with van der Waals surface area (Å²) >= 11 is 0. The zero-order valence-corrected chi connectivity index (χ0v) is 14.6. The number of hydrogen-bond acceptors (Lipinski definition) is 3. The van der Waals surface area contributed by atoms with Gasteiger partial charge in [-0.05, 0) is 34.9 Å². The van der Waals surface area contributed by atoms with Crippen LogP contribution in [0.4, 0.5) is 11.4 Å². The van der Waals surface area contributed by atoms with Crippen LogP contribution in [-0.2, 0) is 0 Å². The topological polar surface area (TPSA) is 27.3 Å². The smallest absolute Gasteiger partial charge is 0.104 e. The predicted octanol–water partition coefficient (Wildman–Crippen LogP) is 4.56. The average molecular weight is 329 g/mol. The van der Waals surface area contributed by atoms with Crippen LogP contribution in [0.1, 0.15) is 28.9 Å². The molecule has 25 heavy (non-hydrogen) atoms. The average Bonchev–Trinajstić information content (AvgIpc) is 2.68. The van der Waals surface area contributed by atoms with E-state index in [0.717, 1.165) is 0 Å². The van der Waals surface area contributed by atoms with Gasteiger partial charge in [0, 0.05) is 25.5 Å². The van der Waals surface area contributed by atoms with Crippen molar-refractivity contribution in [3.8, 4) is 0 Å². The summed E-state index contributed by atoms with van der Waals surface area (Å²) in [6.07, 6.45) is 0.0799. The number of nitrogens with one attached hydrogen (secondary N) is 2. The molecule has 2 N–H and O–H groups in total. The maximum atomic E-state index is 3.77. The van der Waals surface area contributed by atoms with E-state index in [0.29, 0.717) is 0 Å². The number of para-hydroxylation sites is 1. The molecule has 1 aliphatic rings. The van der Waals surface area contributed by atoms with E-state index in [4.69, 9.17) is 0 Å². The highest BCUT2D eigenvalue weighted by Crippen LogP contribution is 2.36. The summed E-state index contributed by atoms with van der Waals surface area (Å²) in [7, 11) is 4.13. The number of fused-ring (bicyclic) bond motifs is 1. The fourth-order valence-corrected chi connectivity index (χ4v) is 3.40. The molecule has 0 saturated heterocycles.